The van der Waals surface area contributed by atoms with E-state index in [-0.39, 0.29) is 12.2 Å². The Kier molecular flexibility index (Phi) is 5.71. The van der Waals surface area contributed by atoms with Gasteiger partial charge in [-0.25, -0.2) is 0 Å². The second-order valence-corrected chi connectivity index (χ2v) is 3.99. The van der Waals surface area contributed by atoms with Crippen LogP contribution in [0.15, 0.2) is 0 Å². The van der Waals surface area contributed by atoms with Crippen LogP contribution in [0.4, 0.5) is 8.78 Å². The summed E-state index contributed by atoms with van der Waals surface area (Å²) in [7, 11) is 0. The van der Waals surface area contributed by atoms with Crippen LogP contribution in [0.1, 0.15) is 20.3 Å². The summed E-state index contributed by atoms with van der Waals surface area (Å²) in [5.74, 6) is -8.35. The van der Waals surface area contributed by atoms with Gasteiger partial charge in [-0.15, -0.1) is 0 Å². The largest absolute Gasteiger partial charge is 0.544 e. The average molecular weight is 255 g/mol. The second-order valence-electron chi connectivity index (χ2n) is 3.54. The normalized spacial score (nSPS) is 13.6. The van der Waals surface area contributed by atoms with Gasteiger partial charge in [0.2, 0.25) is 0 Å². The Bertz CT molecular complexity index is 268. The summed E-state index contributed by atoms with van der Waals surface area (Å²) in [6.45, 7) is 2.66. The Morgan fingerprint density at radius 3 is 2.25 bits per heavy atom. The molecule has 16 heavy (non-hydrogen) atoms. The highest BCUT2D eigenvalue weighted by atomic mass is 32.1. The van der Waals surface area contributed by atoms with Crippen LogP contribution < -0.4 is 5.11 Å². The van der Waals surface area contributed by atoms with E-state index in [4.69, 9.17) is 0 Å². The minimum Gasteiger partial charge on any atom is -0.544 e. The van der Waals surface area contributed by atoms with E-state index in [2.05, 4.69) is 17.4 Å². The van der Waals surface area contributed by atoms with Crippen LogP contribution in [0.2, 0.25) is 0 Å². The average Bonchev–Trinajstić information content (AvgIpc) is 2.13. The first kappa shape index (κ1) is 15.2. The molecule has 1 atom stereocenters. The first-order valence-corrected chi connectivity index (χ1v) is 5.26. The van der Waals surface area contributed by atoms with E-state index in [9.17, 15) is 23.5 Å². The topological polar surface area (TPSA) is 66.4 Å². The molecule has 0 aliphatic carbocycles. The number of carboxylic acids is 1. The van der Waals surface area contributed by atoms with Gasteiger partial charge in [0.25, 0.3) is 0 Å². The van der Waals surface area contributed by atoms with Crippen molar-refractivity contribution in [3.8, 4) is 0 Å². The number of hydrogen-bond donors (Lipinski definition) is 1. The van der Waals surface area contributed by atoms with Crippen molar-refractivity contribution in [2.45, 2.75) is 32.3 Å². The molecule has 0 aromatic rings. The van der Waals surface area contributed by atoms with E-state index in [0.29, 0.717) is 0 Å². The minimum atomic E-state index is -4.19. The fraction of sp³-hybridized carbons (Fsp3) is 0.778. The Labute approximate surface area is 97.4 Å². The first-order chi connectivity index (χ1) is 7.23. The van der Waals surface area contributed by atoms with Crippen molar-refractivity contribution in [1.29, 1.82) is 0 Å². The van der Waals surface area contributed by atoms with Crippen LogP contribution in [0.5, 0.6) is 0 Å². The molecule has 0 rings (SSSR count). The summed E-state index contributed by atoms with van der Waals surface area (Å²) in [5, 5.41) is 10.2. The third kappa shape index (κ3) is 3.96. The predicted octanol–water partition coefficient (Wildman–Crippen LogP) is 0.259. The van der Waals surface area contributed by atoms with Crippen LogP contribution >= 0.6 is 12.6 Å². The fourth-order valence-electron chi connectivity index (χ4n) is 1.04. The number of carbonyl (C=O) groups excluding carboxylic acids is 2. The molecule has 0 aliphatic heterocycles. The monoisotopic (exact) mass is 255 g/mol. The van der Waals surface area contributed by atoms with Crippen LogP contribution in [0, 0.1) is 5.92 Å². The molecule has 7 heteroatoms. The third-order valence-electron chi connectivity index (χ3n) is 1.81. The molecule has 0 aromatic heterocycles. The van der Waals surface area contributed by atoms with Gasteiger partial charge in [0.15, 0.2) is 6.10 Å². The van der Waals surface area contributed by atoms with Gasteiger partial charge in [0.1, 0.15) is 5.97 Å². The quantitative estimate of drug-likeness (QED) is 0.546. The van der Waals surface area contributed by atoms with Gasteiger partial charge in [-0.3, -0.25) is 4.79 Å². The Balaban J connectivity index is 4.75. The van der Waals surface area contributed by atoms with Crippen molar-refractivity contribution in [2.24, 2.45) is 5.92 Å². The summed E-state index contributed by atoms with van der Waals surface area (Å²) < 4.78 is 30.6. The van der Waals surface area contributed by atoms with E-state index in [0.717, 1.165) is 0 Å². The van der Waals surface area contributed by atoms with E-state index >= 15 is 0 Å². The van der Waals surface area contributed by atoms with E-state index in [1.54, 1.807) is 0 Å². The molecule has 0 heterocycles. The summed E-state index contributed by atoms with van der Waals surface area (Å²) in [6.07, 6.45) is -2.18. The van der Waals surface area contributed by atoms with Gasteiger partial charge in [0.05, 0.1) is 6.42 Å². The van der Waals surface area contributed by atoms with E-state index in [1.807, 2.05) is 0 Å². The molecule has 0 N–H and O–H groups in total. The number of carboxylic acid groups (broad SMARTS) is 1. The zero-order valence-corrected chi connectivity index (χ0v) is 9.80. The number of aliphatic carboxylic acids is 1. The molecule has 0 saturated carbocycles. The van der Waals surface area contributed by atoms with Crippen molar-refractivity contribution < 1.29 is 28.2 Å². The zero-order valence-electron chi connectivity index (χ0n) is 8.91. The zero-order chi connectivity index (χ0) is 12.9. The number of ether oxygens (including phenoxy) is 1. The molecule has 0 saturated heterocycles. The molecular weight excluding hydrogens is 242 g/mol. The van der Waals surface area contributed by atoms with Crippen LogP contribution in [0.25, 0.3) is 0 Å². The second kappa shape index (κ2) is 6.03. The Morgan fingerprint density at radius 1 is 1.44 bits per heavy atom. The number of carbonyl (C=O) groups is 2. The summed E-state index contributed by atoms with van der Waals surface area (Å²) >= 11 is 3.73. The van der Waals surface area contributed by atoms with Gasteiger partial charge in [-0.05, 0) is 5.92 Å². The third-order valence-corrected chi connectivity index (χ3v) is 2.03. The van der Waals surface area contributed by atoms with Gasteiger partial charge < -0.3 is 14.6 Å². The lowest BCUT2D eigenvalue weighted by atomic mass is 10.0. The van der Waals surface area contributed by atoms with Gasteiger partial charge in [-0.2, -0.15) is 21.4 Å². The van der Waals surface area contributed by atoms with Crippen molar-refractivity contribution in [2.75, 3.05) is 5.75 Å². The molecule has 0 radical (unpaired) electrons. The molecule has 0 bridgehead atoms. The smallest absolute Gasteiger partial charge is 0.323 e. The molecule has 94 valence electrons. The van der Waals surface area contributed by atoms with Crippen molar-refractivity contribution >= 4 is 24.6 Å². The van der Waals surface area contributed by atoms with Gasteiger partial charge in [-0.1, -0.05) is 13.8 Å². The maximum atomic E-state index is 13.1. The van der Waals surface area contributed by atoms with Crippen LogP contribution in [0.3, 0.4) is 0 Å². The van der Waals surface area contributed by atoms with Crippen LogP contribution in [-0.2, 0) is 14.3 Å². The van der Waals surface area contributed by atoms with Crippen molar-refractivity contribution in [1.82, 2.24) is 0 Å². The van der Waals surface area contributed by atoms with Crippen molar-refractivity contribution in [3.63, 3.8) is 0 Å². The predicted molar refractivity (Wildman–Crippen MR) is 53.1 cm³/mol. The van der Waals surface area contributed by atoms with Crippen molar-refractivity contribution in [3.05, 3.63) is 0 Å². The summed E-state index contributed by atoms with van der Waals surface area (Å²) in [5.41, 5.74) is 0. The molecular formula is C9H13F2O4S-. The molecule has 0 aliphatic rings. The molecule has 0 amide bonds. The van der Waals surface area contributed by atoms with Gasteiger partial charge in [0, 0.05) is 5.75 Å². The molecule has 0 fully saturated rings. The lowest BCUT2D eigenvalue weighted by molar-refractivity contribution is -0.337. The molecule has 0 aromatic carbocycles. The minimum absolute atomic E-state index is 0.139. The summed E-state index contributed by atoms with van der Waals surface area (Å²) in [4.78, 5) is 21.2. The first-order valence-electron chi connectivity index (χ1n) is 4.63. The van der Waals surface area contributed by atoms with Gasteiger partial charge >= 0.3 is 11.9 Å². The number of esters is 1. The fourth-order valence-corrected chi connectivity index (χ4v) is 1.22. The highest BCUT2D eigenvalue weighted by Crippen LogP contribution is 2.27. The Hall–Kier alpha value is -0.850. The highest BCUT2D eigenvalue weighted by Gasteiger charge is 2.45. The molecule has 1 unspecified atom stereocenters. The lowest BCUT2D eigenvalue weighted by Gasteiger charge is -2.29. The number of hydrogen-bond acceptors (Lipinski definition) is 5. The maximum absolute atomic E-state index is 13.1. The number of halogens is 2. The number of alkyl halides is 2. The molecule has 4 nitrogen and oxygen atoms in total. The lowest BCUT2D eigenvalue weighted by Crippen LogP contribution is -2.53. The number of rotatable bonds is 6. The molecule has 0 spiro atoms. The van der Waals surface area contributed by atoms with E-state index in [1.165, 1.54) is 13.8 Å². The summed E-state index contributed by atoms with van der Waals surface area (Å²) in [6, 6.07) is 0. The highest BCUT2D eigenvalue weighted by molar-refractivity contribution is 7.80. The van der Waals surface area contributed by atoms with E-state index < -0.39 is 29.9 Å². The van der Waals surface area contributed by atoms with Crippen LogP contribution in [-0.4, -0.2) is 29.7 Å². The standard InChI is InChI=1S/C9H14F2O4S/c1-5(2)7(9(10,11)8(13)14)15-6(12)3-4-16/h5,7,16H,3-4H2,1-2H3,(H,13,14)/p-1. The Morgan fingerprint density at radius 2 is 1.94 bits per heavy atom. The SMILES string of the molecule is CC(C)C(OC(=O)CCS)C(F)(F)C(=O)[O-]. The number of thiol groups is 1. The maximum Gasteiger partial charge on any atom is 0.323 e.